The molecule has 1 aliphatic carbocycles. The summed E-state index contributed by atoms with van der Waals surface area (Å²) in [6.07, 6.45) is 1.58. The molecule has 98 valence electrons. The Morgan fingerprint density at radius 1 is 1.41 bits per heavy atom. The highest BCUT2D eigenvalue weighted by molar-refractivity contribution is 5.90. The van der Waals surface area contributed by atoms with E-state index in [0.717, 1.165) is 12.8 Å². The molecule has 0 spiro atoms. The third kappa shape index (κ3) is 2.77. The van der Waals surface area contributed by atoms with Gasteiger partial charge in [0, 0.05) is 6.54 Å². The summed E-state index contributed by atoms with van der Waals surface area (Å²) in [4.78, 5) is 23.4. The van der Waals surface area contributed by atoms with E-state index in [9.17, 15) is 9.59 Å². The molecule has 1 fully saturated rings. The van der Waals surface area contributed by atoms with Crippen LogP contribution in [-0.4, -0.2) is 24.4 Å². The minimum absolute atomic E-state index is 0.0104. The summed E-state index contributed by atoms with van der Waals surface area (Å²) in [5.41, 5.74) is 10.5. The van der Waals surface area contributed by atoms with Crippen LogP contribution in [0.15, 0.2) is 0 Å². The first kappa shape index (κ1) is 14.0. The number of rotatable bonds is 5. The molecular weight excluding hydrogens is 218 g/mol. The van der Waals surface area contributed by atoms with E-state index in [4.69, 9.17) is 11.5 Å². The molecule has 0 saturated heterocycles. The van der Waals surface area contributed by atoms with Crippen LogP contribution in [0.4, 0.5) is 0 Å². The zero-order chi connectivity index (χ0) is 13.2. The molecule has 0 aromatic carbocycles. The zero-order valence-electron chi connectivity index (χ0n) is 10.8. The van der Waals surface area contributed by atoms with Crippen LogP contribution >= 0.6 is 0 Å². The zero-order valence-corrected chi connectivity index (χ0v) is 10.8. The van der Waals surface area contributed by atoms with E-state index < -0.39 is 17.4 Å². The first-order chi connectivity index (χ1) is 7.82. The number of primary amides is 1. The molecule has 17 heavy (non-hydrogen) atoms. The average Bonchev–Trinajstić information content (AvgIpc) is 2.19. The summed E-state index contributed by atoms with van der Waals surface area (Å²) in [6.45, 7) is 6.13. The number of carbonyl (C=O) groups is 2. The Kier molecular flexibility index (Phi) is 4.14. The Hall–Kier alpha value is -1.10. The lowest BCUT2D eigenvalue weighted by atomic mass is 9.62. The van der Waals surface area contributed by atoms with E-state index in [2.05, 4.69) is 12.2 Å². The fraction of sp³-hybridized carbons (Fsp3) is 0.833. The molecule has 5 heteroatoms. The van der Waals surface area contributed by atoms with Crippen molar-refractivity contribution in [2.24, 2.45) is 28.7 Å². The first-order valence-corrected chi connectivity index (χ1v) is 6.13. The monoisotopic (exact) mass is 241 g/mol. The number of hydrogen-bond donors (Lipinski definition) is 3. The number of carbonyl (C=O) groups excluding carboxylic acids is 2. The van der Waals surface area contributed by atoms with Gasteiger partial charge >= 0.3 is 0 Å². The normalized spacial score (nSPS) is 29.6. The second-order valence-electron chi connectivity index (χ2n) is 5.60. The Morgan fingerprint density at radius 3 is 2.24 bits per heavy atom. The van der Waals surface area contributed by atoms with Gasteiger partial charge in [-0.25, -0.2) is 0 Å². The molecule has 0 aliphatic heterocycles. The van der Waals surface area contributed by atoms with Crippen LogP contribution in [0.1, 0.15) is 33.6 Å². The molecule has 5 nitrogen and oxygen atoms in total. The molecule has 1 unspecified atom stereocenters. The average molecular weight is 241 g/mol. The van der Waals surface area contributed by atoms with Gasteiger partial charge < -0.3 is 16.8 Å². The van der Waals surface area contributed by atoms with Crippen molar-refractivity contribution >= 4 is 11.8 Å². The number of amides is 2. The number of nitrogens with two attached hydrogens (primary N) is 2. The van der Waals surface area contributed by atoms with Gasteiger partial charge in [0.25, 0.3) is 0 Å². The minimum Gasteiger partial charge on any atom is -0.368 e. The van der Waals surface area contributed by atoms with Gasteiger partial charge in [-0.15, -0.1) is 0 Å². The van der Waals surface area contributed by atoms with E-state index in [1.807, 2.05) is 13.8 Å². The summed E-state index contributed by atoms with van der Waals surface area (Å²) >= 11 is 0. The standard InChI is InChI=1S/C12H23N3O2/c1-7(2)9(10(14)16)15-11(17)12(6-13)4-8(3)5-12/h7-9H,4-6,13H2,1-3H3,(H2,14,16)(H,15,17). The van der Waals surface area contributed by atoms with Crippen LogP contribution in [-0.2, 0) is 9.59 Å². The second-order valence-corrected chi connectivity index (χ2v) is 5.60. The van der Waals surface area contributed by atoms with E-state index >= 15 is 0 Å². The van der Waals surface area contributed by atoms with E-state index in [-0.39, 0.29) is 11.8 Å². The summed E-state index contributed by atoms with van der Waals surface area (Å²) in [6, 6.07) is -0.609. The third-order valence-electron chi connectivity index (χ3n) is 3.61. The van der Waals surface area contributed by atoms with Crippen LogP contribution < -0.4 is 16.8 Å². The number of hydrogen-bond acceptors (Lipinski definition) is 3. The van der Waals surface area contributed by atoms with Gasteiger partial charge in [-0.05, 0) is 24.7 Å². The van der Waals surface area contributed by atoms with E-state index in [1.165, 1.54) is 0 Å². The minimum atomic E-state index is -0.609. The van der Waals surface area contributed by atoms with E-state index in [1.54, 1.807) is 0 Å². The smallest absolute Gasteiger partial charge is 0.240 e. The van der Waals surface area contributed by atoms with Gasteiger partial charge in [-0.1, -0.05) is 20.8 Å². The molecule has 0 aromatic rings. The molecule has 0 radical (unpaired) electrons. The molecule has 1 saturated carbocycles. The summed E-state index contributed by atoms with van der Waals surface area (Å²) in [7, 11) is 0. The topological polar surface area (TPSA) is 98.2 Å². The maximum atomic E-state index is 12.1. The SMILES string of the molecule is CC1CC(CN)(C(=O)NC(C(N)=O)C(C)C)C1. The van der Waals surface area contributed by atoms with Crippen molar-refractivity contribution in [2.75, 3.05) is 6.54 Å². The van der Waals surface area contributed by atoms with Crippen LogP contribution in [0.2, 0.25) is 0 Å². The van der Waals surface area contributed by atoms with Crippen molar-refractivity contribution in [3.63, 3.8) is 0 Å². The Balaban J connectivity index is 2.67. The second kappa shape index (κ2) is 5.04. The maximum absolute atomic E-state index is 12.1. The van der Waals surface area contributed by atoms with Gasteiger partial charge in [0.15, 0.2) is 0 Å². The summed E-state index contributed by atoms with van der Waals surface area (Å²) < 4.78 is 0. The lowest BCUT2D eigenvalue weighted by molar-refractivity contribution is -0.141. The van der Waals surface area contributed by atoms with Gasteiger partial charge in [0.2, 0.25) is 11.8 Å². The van der Waals surface area contributed by atoms with Crippen LogP contribution in [0.25, 0.3) is 0 Å². The molecule has 2 amide bonds. The fourth-order valence-corrected chi connectivity index (χ4v) is 2.58. The molecule has 1 aliphatic rings. The molecule has 0 aromatic heterocycles. The quantitative estimate of drug-likeness (QED) is 0.631. The summed E-state index contributed by atoms with van der Waals surface area (Å²) in [5.74, 6) is -0.109. The summed E-state index contributed by atoms with van der Waals surface area (Å²) in [5, 5.41) is 2.74. The predicted octanol–water partition coefficient (Wildman–Crippen LogP) is -0.0125. The predicted molar refractivity (Wildman–Crippen MR) is 65.8 cm³/mol. The van der Waals surface area contributed by atoms with Gasteiger partial charge in [0.05, 0.1) is 5.41 Å². The van der Waals surface area contributed by atoms with Crippen LogP contribution in [0.3, 0.4) is 0 Å². The third-order valence-corrected chi connectivity index (χ3v) is 3.61. The molecule has 5 N–H and O–H groups in total. The lowest BCUT2D eigenvalue weighted by Gasteiger charge is -2.44. The highest BCUT2D eigenvalue weighted by Gasteiger charge is 2.47. The van der Waals surface area contributed by atoms with Crippen molar-refractivity contribution < 1.29 is 9.59 Å². The Morgan fingerprint density at radius 2 is 1.94 bits per heavy atom. The lowest BCUT2D eigenvalue weighted by Crippen LogP contribution is -2.58. The Labute approximate surface area is 102 Å². The highest BCUT2D eigenvalue weighted by Crippen LogP contribution is 2.44. The van der Waals surface area contributed by atoms with Crippen molar-refractivity contribution in [1.82, 2.24) is 5.32 Å². The van der Waals surface area contributed by atoms with Gasteiger partial charge in [-0.3, -0.25) is 9.59 Å². The molecule has 0 heterocycles. The molecule has 1 atom stereocenters. The number of nitrogens with one attached hydrogen (secondary N) is 1. The highest BCUT2D eigenvalue weighted by atomic mass is 16.2. The first-order valence-electron chi connectivity index (χ1n) is 6.13. The fourth-order valence-electron chi connectivity index (χ4n) is 2.58. The molecular formula is C12H23N3O2. The molecule has 1 rings (SSSR count). The van der Waals surface area contributed by atoms with Gasteiger partial charge in [-0.2, -0.15) is 0 Å². The molecule has 0 bridgehead atoms. The van der Waals surface area contributed by atoms with Crippen LogP contribution in [0, 0.1) is 17.3 Å². The van der Waals surface area contributed by atoms with Crippen molar-refractivity contribution in [2.45, 2.75) is 39.7 Å². The van der Waals surface area contributed by atoms with Crippen molar-refractivity contribution in [3.05, 3.63) is 0 Å². The maximum Gasteiger partial charge on any atom is 0.240 e. The van der Waals surface area contributed by atoms with Crippen molar-refractivity contribution in [1.29, 1.82) is 0 Å². The van der Waals surface area contributed by atoms with Crippen LogP contribution in [0.5, 0.6) is 0 Å². The van der Waals surface area contributed by atoms with Crippen molar-refractivity contribution in [3.8, 4) is 0 Å². The largest absolute Gasteiger partial charge is 0.368 e. The van der Waals surface area contributed by atoms with E-state index in [0.29, 0.717) is 12.5 Å². The van der Waals surface area contributed by atoms with Gasteiger partial charge in [0.1, 0.15) is 6.04 Å². The Bertz CT molecular complexity index is 309.